The predicted octanol–water partition coefficient (Wildman–Crippen LogP) is 4.41. The number of hydrogen-bond donors (Lipinski definition) is 1. The third-order valence-corrected chi connectivity index (χ3v) is 12.9. The molecule has 408 valence electrons. The van der Waals surface area contributed by atoms with Crippen LogP contribution in [0.3, 0.4) is 0 Å². The van der Waals surface area contributed by atoms with Crippen molar-refractivity contribution in [2.24, 2.45) is 23.7 Å². The zero-order valence-corrected chi connectivity index (χ0v) is 46.7. The van der Waals surface area contributed by atoms with Crippen LogP contribution < -0.4 is 0 Å². The summed E-state index contributed by atoms with van der Waals surface area (Å²) in [6.07, 6.45) is 8.89. The molecule has 0 saturated carbocycles. The maximum Gasteiger partial charge on any atom is 0.309 e. The highest BCUT2D eigenvalue weighted by Gasteiger charge is 2.18. The summed E-state index contributed by atoms with van der Waals surface area (Å²) < 4.78 is 40.5. The van der Waals surface area contributed by atoms with Gasteiger partial charge in [-0.3, -0.25) is 38.4 Å². The summed E-state index contributed by atoms with van der Waals surface area (Å²) >= 11 is 8.79. The van der Waals surface area contributed by atoms with Gasteiger partial charge in [-0.2, -0.15) is 47.9 Å². The minimum Gasteiger partial charge on any atom is -0.464 e. The van der Waals surface area contributed by atoms with Crippen molar-refractivity contribution in [3.63, 3.8) is 0 Å². The fourth-order valence-corrected chi connectivity index (χ4v) is 7.98. The molecular formula is C47H85N3O16S4. The Bertz CT molecular complexity index is 1390. The summed E-state index contributed by atoms with van der Waals surface area (Å²) in [5.41, 5.74) is 0. The monoisotopic (exact) mass is 1080 g/mol. The van der Waals surface area contributed by atoms with Crippen LogP contribution >= 0.6 is 47.9 Å². The second kappa shape index (κ2) is 47.1. The molecular weight excluding hydrogens is 991 g/mol. The van der Waals surface area contributed by atoms with E-state index in [9.17, 15) is 38.4 Å². The van der Waals surface area contributed by atoms with E-state index in [1.807, 2.05) is 30.7 Å². The number of carbonyl (C=O) groups excluding carboxylic acids is 8. The van der Waals surface area contributed by atoms with Crippen molar-refractivity contribution in [2.45, 2.75) is 73.1 Å². The van der Waals surface area contributed by atoms with Gasteiger partial charge in [-0.25, -0.2) is 0 Å². The number of thioether (sulfide) groups is 3. The summed E-state index contributed by atoms with van der Waals surface area (Å²) in [6, 6.07) is 0. The van der Waals surface area contributed by atoms with Gasteiger partial charge in [0.15, 0.2) is 0 Å². The Morgan fingerprint density at radius 2 is 0.786 bits per heavy atom. The molecule has 0 aliphatic heterocycles. The van der Waals surface area contributed by atoms with Crippen molar-refractivity contribution in [2.75, 3.05) is 154 Å². The Labute approximate surface area is 436 Å². The highest BCUT2D eigenvalue weighted by Crippen LogP contribution is 2.09. The van der Waals surface area contributed by atoms with Gasteiger partial charge in [0.25, 0.3) is 6.47 Å². The number of hydrogen-bond acceptors (Lipinski definition) is 23. The lowest BCUT2D eigenvalue weighted by molar-refractivity contribution is -0.154. The first-order chi connectivity index (χ1) is 33.5. The molecule has 70 heavy (non-hydrogen) atoms. The van der Waals surface area contributed by atoms with E-state index in [1.165, 1.54) is 0 Å². The number of ether oxygens (including phenoxy) is 8. The molecule has 0 aliphatic rings. The molecule has 0 spiro atoms. The highest BCUT2D eigenvalue weighted by atomic mass is 32.2. The zero-order chi connectivity index (χ0) is 53.0. The average Bonchev–Trinajstić information content (AvgIpc) is 3.33. The number of carbonyl (C=O) groups is 8. The molecule has 0 aromatic heterocycles. The number of nitrogens with zero attached hydrogens (tertiary/aromatic N) is 3. The maximum absolute atomic E-state index is 12.5. The van der Waals surface area contributed by atoms with E-state index in [1.54, 1.807) is 63.0 Å². The molecule has 0 rings (SSSR count). The molecule has 0 fully saturated rings. The molecule has 0 aromatic carbocycles. The minimum atomic E-state index is -0.421. The first kappa shape index (κ1) is 69.1. The van der Waals surface area contributed by atoms with Gasteiger partial charge in [0, 0.05) is 42.6 Å². The molecule has 0 aromatic rings. The molecule has 0 bridgehead atoms. The molecule has 0 saturated heterocycles. The SMILES string of the molecule is CCCN(CCCN(C)CCCN(CCC(=O)OCCOC(=O)C(C)CSC)CCC(=O)OCCOC(=O)C(C)CSC)CCC(=O)OCCOC(=O)C(C)CS.CSCC(C)C(=O)OCCOC=O. The fourth-order valence-electron chi connectivity index (χ4n) is 5.92. The highest BCUT2D eigenvalue weighted by molar-refractivity contribution is 7.99. The van der Waals surface area contributed by atoms with Crippen molar-refractivity contribution >= 4 is 96.2 Å². The van der Waals surface area contributed by atoms with Crippen LogP contribution in [0.4, 0.5) is 0 Å². The van der Waals surface area contributed by atoms with E-state index in [4.69, 9.17) is 33.2 Å². The van der Waals surface area contributed by atoms with Crippen LogP contribution in [0.15, 0.2) is 0 Å². The zero-order valence-electron chi connectivity index (χ0n) is 43.3. The topological polar surface area (TPSA) is 220 Å². The normalized spacial score (nSPS) is 12.7. The largest absolute Gasteiger partial charge is 0.464 e. The summed E-state index contributed by atoms with van der Waals surface area (Å²) in [5.74, 6) is -0.857. The van der Waals surface area contributed by atoms with Crippen LogP contribution in [-0.2, 0) is 76.3 Å². The molecule has 4 unspecified atom stereocenters. The van der Waals surface area contributed by atoms with E-state index in [2.05, 4.69) is 34.1 Å². The van der Waals surface area contributed by atoms with Gasteiger partial charge in [-0.15, -0.1) is 0 Å². The van der Waals surface area contributed by atoms with Gasteiger partial charge in [0.1, 0.15) is 52.9 Å². The summed E-state index contributed by atoms with van der Waals surface area (Å²) in [5, 5.41) is 0. The van der Waals surface area contributed by atoms with Gasteiger partial charge in [0.2, 0.25) is 0 Å². The van der Waals surface area contributed by atoms with Crippen molar-refractivity contribution in [3.8, 4) is 0 Å². The Morgan fingerprint density at radius 1 is 0.471 bits per heavy atom. The molecule has 23 heteroatoms. The number of rotatable bonds is 43. The Balaban J connectivity index is 0. The summed E-state index contributed by atoms with van der Waals surface area (Å²) in [4.78, 5) is 100. The van der Waals surface area contributed by atoms with E-state index < -0.39 is 11.9 Å². The first-order valence-corrected chi connectivity index (χ1v) is 28.7. The molecule has 4 atom stereocenters. The summed E-state index contributed by atoms with van der Waals surface area (Å²) in [6.45, 7) is 15.1. The molecule has 19 nitrogen and oxygen atoms in total. The predicted molar refractivity (Wildman–Crippen MR) is 278 cm³/mol. The van der Waals surface area contributed by atoms with Crippen LogP contribution in [0.25, 0.3) is 0 Å². The Kier molecular flexibility index (Phi) is 46.5. The fraction of sp³-hybridized carbons (Fsp3) is 0.830. The first-order valence-electron chi connectivity index (χ1n) is 23.9. The third-order valence-electron chi connectivity index (χ3n) is 9.88. The van der Waals surface area contributed by atoms with E-state index in [0.29, 0.717) is 49.9 Å². The minimum absolute atomic E-state index is 0.00344. The molecule has 0 aliphatic carbocycles. The van der Waals surface area contributed by atoms with Gasteiger partial charge >= 0.3 is 41.8 Å². The van der Waals surface area contributed by atoms with Gasteiger partial charge < -0.3 is 52.6 Å². The van der Waals surface area contributed by atoms with Crippen molar-refractivity contribution in [1.82, 2.24) is 14.7 Å². The number of thiol groups is 1. The second-order valence-corrected chi connectivity index (χ2v) is 19.5. The Hall–Kier alpha value is -2.96. The summed E-state index contributed by atoms with van der Waals surface area (Å²) in [7, 11) is 2.05. The molecule has 0 amide bonds. The quantitative estimate of drug-likeness (QED) is 0.0294. The van der Waals surface area contributed by atoms with E-state index >= 15 is 0 Å². The second-order valence-electron chi connectivity index (χ2n) is 16.4. The third kappa shape index (κ3) is 40.6. The maximum atomic E-state index is 12.5. The van der Waals surface area contributed by atoms with Crippen molar-refractivity contribution in [1.29, 1.82) is 0 Å². The lowest BCUT2D eigenvalue weighted by atomic mass is 10.2. The van der Waals surface area contributed by atoms with Gasteiger partial charge in [-0.05, 0) is 77.8 Å². The lowest BCUT2D eigenvalue weighted by Crippen LogP contribution is -2.34. The van der Waals surface area contributed by atoms with Crippen LogP contribution in [0.2, 0.25) is 0 Å². The number of esters is 7. The van der Waals surface area contributed by atoms with Gasteiger partial charge in [0.05, 0.1) is 42.9 Å². The van der Waals surface area contributed by atoms with Crippen LogP contribution in [0.1, 0.15) is 73.1 Å². The average molecular weight is 1080 g/mol. The van der Waals surface area contributed by atoms with Crippen LogP contribution in [0.5, 0.6) is 0 Å². The van der Waals surface area contributed by atoms with Crippen LogP contribution in [-0.4, -0.2) is 217 Å². The molecule has 0 heterocycles. The molecule has 0 N–H and O–H groups in total. The van der Waals surface area contributed by atoms with Gasteiger partial charge in [-0.1, -0.05) is 34.6 Å². The smallest absolute Gasteiger partial charge is 0.309 e. The van der Waals surface area contributed by atoms with E-state index in [0.717, 1.165) is 51.2 Å². The van der Waals surface area contributed by atoms with E-state index in [-0.39, 0.29) is 126 Å². The van der Waals surface area contributed by atoms with Crippen LogP contribution in [0, 0.1) is 23.7 Å². The Morgan fingerprint density at radius 3 is 1.10 bits per heavy atom. The lowest BCUT2D eigenvalue weighted by Gasteiger charge is -2.25. The van der Waals surface area contributed by atoms with Crippen molar-refractivity contribution < 1.29 is 76.3 Å². The van der Waals surface area contributed by atoms with Crippen molar-refractivity contribution in [3.05, 3.63) is 0 Å². The standard InChI is InChI=1S/C39H71N3O12S3.C8H14O4S/c1-8-14-41(19-11-34(43)49-22-25-52-37(46)31(2)28-55)17-9-15-40(5)16-10-18-42(20-12-35(44)50-23-26-53-38(47)32(3)29-56-6)21-13-36(45)51-24-27-54-39(48)33(4)30-57-7;1-7(5-13-2)8(10)12-4-3-11-6-9/h31-33,55H,8-30H2,1-7H3;6-7H,3-5H2,1-2H3. The molecule has 0 radical (unpaired) electrons.